The van der Waals surface area contributed by atoms with E-state index in [0.717, 1.165) is 0 Å². The lowest BCUT2D eigenvalue weighted by Gasteiger charge is -2.21. The minimum atomic E-state index is -1.89. The van der Waals surface area contributed by atoms with Crippen LogP contribution in [0.15, 0.2) is 60.7 Å². The Balaban J connectivity index is 1.71. The van der Waals surface area contributed by atoms with E-state index in [1.807, 2.05) is 0 Å². The van der Waals surface area contributed by atoms with Gasteiger partial charge in [0.25, 0.3) is 0 Å². The molecule has 1 unspecified atom stereocenters. The number of nitrogens with one attached hydrogen (secondary N) is 1. The average Bonchev–Trinajstić information content (AvgIpc) is 2.74. The van der Waals surface area contributed by atoms with Gasteiger partial charge in [-0.15, -0.1) is 0 Å². The summed E-state index contributed by atoms with van der Waals surface area (Å²) in [6.45, 7) is 0. The van der Waals surface area contributed by atoms with E-state index >= 15 is 0 Å². The van der Waals surface area contributed by atoms with Crippen molar-refractivity contribution in [2.45, 2.75) is 0 Å². The third-order valence-electron chi connectivity index (χ3n) is 4.49. The maximum Gasteiger partial charge on any atom is 0.359 e. The van der Waals surface area contributed by atoms with E-state index in [-0.39, 0.29) is 28.2 Å². The molecule has 1 atom stereocenters. The van der Waals surface area contributed by atoms with Gasteiger partial charge in [-0.1, -0.05) is 24.3 Å². The highest BCUT2D eigenvalue weighted by atomic mass is 32.2. The molecule has 0 saturated heterocycles. The van der Waals surface area contributed by atoms with Gasteiger partial charge >= 0.3 is 11.4 Å². The van der Waals surface area contributed by atoms with E-state index < -0.39 is 17.1 Å². The zero-order valence-electron chi connectivity index (χ0n) is 15.2. The molecule has 146 valence electrons. The number of carbonyl (C=O) groups excluding carboxylic acids is 2. The maximum absolute atomic E-state index is 13.1. The van der Waals surface area contributed by atoms with Crippen molar-refractivity contribution < 1.29 is 27.3 Å². The predicted molar refractivity (Wildman–Crippen MR) is 107 cm³/mol. The summed E-state index contributed by atoms with van der Waals surface area (Å²) < 4.78 is 20.9. The number of aromatic hydroxyl groups is 1. The van der Waals surface area contributed by atoms with Crippen molar-refractivity contribution in [3.8, 4) is 11.5 Å². The fourth-order valence-corrected chi connectivity index (χ4v) is 3.51. The van der Waals surface area contributed by atoms with Crippen LogP contribution in [0.4, 0.5) is 11.4 Å². The van der Waals surface area contributed by atoms with Crippen LogP contribution in [0.2, 0.25) is 0 Å². The monoisotopic (exact) mass is 409 g/mol. The lowest BCUT2D eigenvalue weighted by atomic mass is 9.82. The smallest absolute Gasteiger partial charge is 0.359 e. The van der Waals surface area contributed by atoms with Gasteiger partial charge in [-0.2, -0.15) is 4.21 Å². The Bertz CT molecular complexity index is 1160. The standard InChI is InChI=1S/C21H15NO6S/c1-27-29(26)28-13-8-6-12(7-9-13)22-16-10-11-17(23)19-18(16)20(24)14-4-2-3-5-15(14)21(19)25/h2-11,22-23H,1H3. The SMILES string of the molecule is COS(=O)Oc1ccc(Nc2ccc(O)c3c2C(=O)c2ccccc2C3=O)cc1. The summed E-state index contributed by atoms with van der Waals surface area (Å²) in [5, 5.41) is 13.3. The lowest BCUT2D eigenvalue weighted by Crippen LogP contribution is -2.22. The molecule has 3 aromatic rings. The normalized spacial score (nSPS) is 13.4. The topological polar surface area (TPSA) is 102 Å². The Kier molecular flexibility index (Phi) is 4.87. The molecule has 3 aromatic carbocycles. The minimum Gasteiger partial charge on any atom is -0.507 e. The summed E-state index contributed by atoms with van der Waals surface area (Å²) in [5.41, 5.74) is 1.66. The number of rotatable bonds is 5. The molecule has 8 heteroatoms. The molecule has 0 aliphatic heterocycles. The molecule has 29 heavy (non-hydrogen) atoms. The van der Waals surface area contributed by atoms with Crippen LogP contribution in [0.1, 0.15) is 31.8 Å². The van der Waals surface area contributed by atoms with Gasteiger partial charge in [0.05, 0.1) is 23.9 Å². The van der Waals surface area contributed by atoms with Crippen molar-refractivity contribution in [2.75, 3.05) is 12.4 Å². The first-order chi connectivity index (χ1) is 14.0. The summed E-state index contributed by atoms with van der Waals surface area (Å²) >= 11 is -1.89. The van der Waals surface area contributed by atoms with E-state index in [9.17, 15) is 18.9 Å². The quantitative estimate of drug-likeness (QED) is 0.486. The zero-order chi connectivity index (χ0) is 20.5. The van der Waals surface area contributed by atoms with Crippen LogP contribution in [0.5, 0.6) is 11.5 Å². The number of benzene rings is 3. The van der Waals surface area contributed by atoms with Gasteiger partial charge in [-0.05, 0) is 36.4 Å². The summed E-state index contributed by atoms with van der Waals surface area (Å²) in [5.74, 6) is -0.654. The van der Waals surface area contributed by atoms with Gasteiger partial charge in [0.2, 0.25) is 0 Å². The Morgan fingerprint density at radius 3 is 2.10 bits per heavy atom. The number of fused-ring (bicyclic) bond motifs is 2. The van der Waals surface area contributed by atoms with Gasteiger partial charge in [0.1, 0.15) is 11.5 Å². The minimum absolute atomic E-state index is 0.0193. The van der Waals surface area contributed by atoms with Crippen molar-refractivity contribution >= 4 is 34.3 Å². The Labute approximate surface area is 168 Å². The number of phenolic OH excluding ortho intramolecular Hbond substituents is 1. The first-order valence-corrected chi connectivity index (χ1v) is 9.55. The number of hydrogen-bond donors (Lipinski definition) is 2. The number of phenols is 1. The summed E-state index contributed by atoms with van der Waals surface area (Å²) in [6.07, 6.45) is 0. The molecular weight excluding hydrogens is 394 g/mol. The molecule has 0 saturated carbocycles. The fraction of sp³-hybridized carbons (Fsp3) is 0.0476. The van der Waals surface area contributed by atoms with E-state index in [2.05, 4.69) is 9.50 Å². The third-order valence-corrected chi connectivity index (χ3v) is 5.09. The van der Waals surface area contributed by atoms with Crippen LogP contribution in [-0.2, 0) is 15.5 Å². The number of anilines is 2. The van der Waals surface area contributed by atoms with Gasteiger partial charge in [0.15, 0.2) is 11.6 Å². The van der Waals surface area contributed by atoms with E-state index in [0.29, 0.717) is 22.7 Å². The molecule has 4 rings (SSSR count). The second kappa shape index (κ2) is 7.50. The van der Waals surface area contributed by atoms with E-state index in [1.54, 1.807) is 48.5 Å². The molecule has 0 spiro atoms. The molecule has 0 aromatic heterocycles. The van der Waals surface area contributed by atoms with Crippen molar-refractivity contribution in [2.24, 2.45) is 0 Å². The van der Waals surface area contributed by atoms with Crippen molar-refractivity contribution in [3.63, 3.8) is 0 Å². The van der Waals surface area contributed by atoms with Crippen LogP contribution >= 0.6 is 0 Å². The fourth-order valence-electron chi connectivity index (χ4n) is 3.17. The molecular formula is C21H15NO6S. The van der Waals surface area contributed by atoms with Gasteiger partial charge in [0, 0.05) is 16.8 Å². The predicted octanol–water partition coefficient (Wildman–Crippen LogP) is 3.52. The summed E-state index contributed by atoms with van der Waals surface area (Å²) in [6, 6.07) is 15.9. The number of carbonyl (C=O) groups is 2. The summed E-state index contributed by atoms with van der Waals surface area (Å²) in [7, 11) is 1.26. The van der Waals surface area contributed by atoms with E-state index in [1.165, 1.54) is 19.2 Å². The molecule has 0 amide bonds. The second-order valence-electron chi connectivity index (χ2n) is 6.19. The Morgan fingerprint density at radius 1 is 0.862 bits per heavy atom. The highest BCUT2D eigenvalue weighted by Gasteiger charge is 2.33. The first-order valence-electron chi connectivity index (χ1n) is 8.55. The van der Waals surface area contributed by atoms with Crippen molar-refractivity contribution in [3.05, 3.63) is 82.9 Å². The highest BCUT2D eigenvalue weighted by Crippen LogP contribution is 2.38. The van der Waals surface area contributed by atoms with E-state index in [4.69, 9.17) is 4.18 Å². The lowest BCUT2D eigenvalue weighted by molar-refractivity contribution is 0.0977. The number of ketones is 2. The van der Waals surface area contributed by atoms with Crippen LogP contribution < -0.4 is 9.50 Å². The zero-order valence-corrected chi connectivity index (χ0v) is 16.0. The molecule has 1 aliphatic rings. The third kappa shape index (κ3) is 3.39. The Morgan fingerprint density at radius 2 is 1.48 bits per heavy atom. The van der Waals surface area contributed by atoms with Crippen molar-refractivity contribution in [1.82, 2.24) is 0 Å². The van der Waals surface area contributed by atoms with Crippen LogP contribution in [0, 0.1) is 0 Å². The Hall–Kier alpha value is -3.49. The highest BCUT2D eigenvalue weighted by molar-refractivity contribution is 7.75. The van der Waals surface area contributed by atoms with Gasteiger partial charge in [-0.3, -0.25) is 13.8 Å². The molecule has 0 radical (unpaired) electrons. The molecule has 0 bridgehead atoms. The van der Waals surface area contributed by atoms with Crippen molar-refractivity contribution in [1.29, 1.82) is 0 Å². The van der Waals surface area contributed by atoms with Gasteiger partial charge < -0.3 is 14.6 Å². The molecule has 1 aliphatic carbocycles. The van der Waals surface area contributed by atoms with Gasteiger partial charge in [-0.25, -0.2) is 0 Å². The summed E-state index contributed by atoms with van der Waals surface area (Å²) in [4.78, 5) is 25.9. The van der Waals surface area contributed by atoms with Crippen LogP contribution in [0.25, 0.3) is 0 Å². The van der Waals surface area contributed by atoms with Crippen LogP contribution in [-0.4, -0.2) is 28.0 Å². The largest absolute Gasteiger partial charge is 0.507 e. The maximum atomic E-state index is 13.1. The molecule has 0 fully saturated rings. The van der Waals surface area contributed by atoms with Crippen LogP contribution in [0.3, 0.4) is 0 Å². The molecule has 7 nitrogen and oxygen atoms in total. The second-order valence-corrected chi connectivity index (χ2v) is 7.10. The number of hydrogen-bond acceptors (Lipinski definition) is 7. The molecule has 0 heterocycles. The first kappa shape index (κ1) is 18.9. The molecule has 2 N–H and O–H groups in total. The average molecular weight is 409 g/mol.